The molecule has 0 unspecified atom stereocenters. The number of amides is 1. The van der Waals surface area contributed by atoms with Crippen LogP contribution in [0.3, 0.4) is 0 Å². The zero-order valence-corrected chi connectivity index (χ0v) is 16.6. The SMILES string of the molecule is CCOCCCn1c(NC(=O)Cc2ccc(Cl)c(Cl)c2)nc2ccccc21. The molecule has 0 saturated carbocycles. The summed E-state index contributed by atoms with van der Waals surface area (Å²) in [6.45, 7) is 4.04. The molecule has 0 atom stereocenters. The van der Waals surface area contributed by atoms with Gasteiger partial charge in [-0.25, -0.2) is 4.98 Å². The van der Waals surface area contributed by atoms with Gasteiger partial charge in [0, 0.05) is 19.8 Å². The van der Waals surface area contributed by atoms with Crippen molar-refractivity contribution < 1.29 is 9.53 Å². The van der Waals surface area contributed by atoms with Gasteiger partial charge >= 0.3 is 0 Å². The van der Waals surface area contributed by atoms with E-state index in [1.807, 2.05) is 35.8 Å². The number of rotatable bonds is 8. The van der Waals surface area contributed by atoms with Crippen molar-refractivity contribution in [1.82, 2.24) is 9.55 Å². The zero-order valence-electron chi connectivity index (χ0n) is 15.0. The molecule has 1 N–H and O–H groups in total. The molecule has 0 spiro atoms. The smallest absolute Gasteiger partial charge is 0.231 e. The summed E-state index contributed by atoms with van der Waals surface area (Å²) >= 11 is 12.0. The third kappa shape index (κ3) is 5.01. The molecular weight excluding hydrogens is 385 g/mol. The number of hydrogen-bond donors (Lipinski definition) is 1. The number of benzene rings is 2. The Hall–Kier alpha value is -2.08. The lowest BCUT2D eigenvalue weighted by atomic mass is 10.1. The minimum Gasteiger partial charge on any atom is -0.382 e. The summed E-state index contributed by atoms with van der Waals surface area (Å²) in [7, 11) is 0. The Balaban J connectivity index is 1.76. The minimum atomic E-state index is -0.158. The Morgan fingerprint density at radius 1 is 1.19 bits per heavy atom. The van der Waals surface area contributed by atoms with Crippen LogP contribution in [-0.2, 0) is 22.5 Å². The van der Waals surface area contributed by atoms with E-state index in [2.05, 4.69) is 10.3 Å². The van der Waals surface area contributed by atoms with Crippen LogP contribution in [0.25, 0.3) is 11.0 Å². The quantitative estimate of drug-likeness (QED) is 0.539. The second kappa shape index (κ2) is 9.22. The molecule has 3 aromatic rings. The molecule has 7 heteroatoms. The van der Waals surface area contributed by atoms with Crippen LogP contribution in [-0.4, -0.2) is 28.7 Å². The summed E-state index contributed by atoms with van der Waals surface area (Å²) in [6.07, 6.45) is 1.03. The van der Waals surface area contributed by atoms with Gasteiger partial charge in [-0.3, -0.25) is 10.1 Å². The van der Waals surface area contributed by atoms with E-state index in [0.29, 0.717) is 35.8 Å². The van der Waals surface area contributed by atoms with Crippen molar-refractivity contribution in [3.05, 3.63) is 58.1 Å². The average Bonchev–Trinajstić information content (AvgIpc) is 2.99. The van der Waals surface area contributed by atoms with Crippen LogP contribution in [0.4, 0.5) is 5.95 Å². The van der Waals surface area contributed by atoms with Gasteiger partial charge in [0.1, 0.15) is 0 Å². The molecule has 1 heterocycles. The van der Waals surface area contributed by atoms with E-state index in [4.69, 9.17) is 27.9 Å². The Kier molecular flexibility index (Phi) is 6.72. The standard InChI is InChI=1S/C20H21Cl2N3O2/c1-2-27-11-5-10-25-18-7-4-3-6-17(18)23-20(25)24-19(26)13-14-8-9-15(21)16(22)12-14/h3-4,6-9,12H,2,5,10-11,13H2,1H3,(H,23,24,26). The first-order chi connectivity index (χ1) is 13.1. The Morgan fingerprint density at radius 3 is 2.78 bits per heavy atom. The van der Waals surface area contributed by atoms with Crippen molar-refractivity contribution in [3.63, 3.8) is 0 Å². The van der Waals surface area contributed by atoms with Gasteiger partial charge in [0.05, 0.1) is 27.5 Å². The Morgan fingerprint density at radius 2 is 2.00 bits per heavy atom. The second-order valence-electron chi connectivity index (χ2n) is 6.10. The number of imidazole rings is 1. The molecule has 0 saturated heterocycles. The minimum absolute atomic E-state index is 0.158. The zero-order chi connectivity index (χ0) is 19.2. The number of aromatic nitrogens is 2. The fourth-order valence-corrected chi connectivity index (χ4v) is 3.19. The van der Waals surface area contributed by atoms with Crippen LogP contribution in [0.5, 0.6) is 0 Å². The number of hydrogen-bond acceptors (Lipinski definition) is 3. The molecule has 27 heavy (non-hydrogen) atoms. The fourth-order valence-electron chi connectivity index (χ4n) is 2.87. The summed E-state index contributed by atoms with van der Waals surface area (Å²) in [5.74, 6) is 0.382. The summed E-state index contributed by atoms with van der Waals surface area (Å²) in [5.41, 5.74) is 2.62. The number of ether oxygens (including phenoxy) is 1. The molecule has 1 amide bonds. The molecule has 1 aromatic heterocycles. The van der Waals surface area contributed by atoms with Crippen molar-refractivity contribution in [2.24, 2.45) is 0 Å². The highest BCUT2D eigenvalue weighted by atomic mass is 35.5. The molecule has 0 bridgehead atoms. The number of carbonyl (C=O) groups is 1. The fraction of sp³-hybridized carbons (Fsp3) is 0.300. The summed E-state index contributed by atoms with van der Waals surface area (Å²) in [5, 5.41) is 3.82. The van der Waals surface area contributed by atoms with E-state index in [9.17, 15) is 4.79 Å². The average molecular weight is 406 g/mol. The van der Waals surface area contributed by atoms with Gasteiger partial charge in [-0.2, -0.15) is 0 Å². The van der Waals surface area contributed by atoms with Gasteiger partial charge in [0.15, 0.2) is 0 Å². The molecule has 0 aliphatic rings. The lowest BCUT2D eigenvalue weighted by Crippen LogP contribution is -2.18. The molecule has 0 fully saturated rings. The van der Waals surface area contributed by atoms with E-state index in [1.54, 1.807) is 18.2 Å². The predicted octanol–water partition coefficient (Wildman–Crippen LogP) is 4.95. The number of aryl methyl sites for hydroxylation is 1. The highest BCUT2D eigenvalue weighted by molar-refractivity contribution is 6.42. The monoisotopic (exact) mass is 405 g/mol. The molecule has 3 rings (SSSR count). The van der Waals surface area contributed by atoms with Crippen molar-refractivity contribution in [2.45, 2.75) is 26.3 Å². The van der Waals surface area contributed by atoms with Crippen molar-refractivity contribution in [1.29, 1.82) is 0 Å². The van der Waals surface area contributed by atoms with Crippen LogP contribution in [0.2, 0.25) is 10.0 Å². The van der Waals surface area contributed by atoms with Crippen LogP contribution in [0, 0.1) is 0 Å². The highest BCUT2D eigenvalue weighted by Gasteiger charge is 2.14. The number of halogens is 2. The number of carbonyl (C=O) groups excluding carboxylic acids is 1. The predicted molar refractivity (Wildman–Crippen MR) is 110 cm³/mol. The maximum absolute atomic E-state index is 12.5. The van der Waals surface area contributed by atoms with Gasteiger partial charge in [0.2, 0.25) is 11.9 Å². The number of para-hydroxylation sites is 2. The van der Waals surface area contributed by atoms with E-state index in [-0.39, 0.29) is 12.3 Å². The molecule has 142 valence electrons. The maximum atomic E-state index is 12.5. The maximum Gasteiger partial charge on any atom is 0.231 e. The first kappa shape index (κ1) is 19.7. The van der Waals surface area contributed by atoms with Gasteiger partial charge in [-0.15, -0.1) is 0 Å². The van der Waals surface area contributed by atoms with E-state index in [1.165, 1.54) is 0 Å². The van der Waals surface area contributed by atoms with Crippen LogP contribution < -0.4 is 5.32 Å². The molecular formula is C20H21Cl2N3O2. The number of anilines is 1. The third-order valence-electron chi connectivity index (χ3n) is 4.13. The molecule has 0 radical (unpaired) electrons. The highest BCUT2D eigenvalue weighted by Crippen LogP contribution is 2.23. The summed E-state index contributed by atoms with van der Waals surface area (Å²) in [4.78, 5) is 17.1. The second-order valence-corrected chi connectivity index (χ2v) is 6.91. The lowest BCUT2D eigenvalue weighted by molar-refractivity contribution is -0.115. The van der Waals surface area contributed by atoms with E-state index in [0.717, 1.165) is 23.0 Å². The van der Waals surface area contributed by atoms with E-state index >= 15 is 0 Å². The van der Waals surface area contributed by atoms with Gasteiger partial charge in [-0.05, 0) is 43.2 Å². The molecule has 0 aliphatic carbocycles. The van der Waals surface area contributed by atoms with Crippen molar-refractivity contribution in [3.8, 4) is 0 Å². The number of nitrogens with one attached hydrogen (secondary N) is 1. The third-order valence-corrected chi connectivity index (χ3v) is 4.87. The number of nitrogens with zero attached hydrogens (tertiary/aromatic N) is 2. The van der Waals surface area contributed by atoms with Crippen molar-refractivity contribution in [2.75, 3.05) is 18.5 Å². The Bertz CT molecular complexity index is 940. The number of fused-ring (bicyclic) bond motifs is 1. The largest absolute Gasteiger partial charge is 0.382 e. The first-order valence-corrected chi connectivity index (χ1v) is 9.61. The van der Waals surface area contributed by atoms with Crippen LogP contribution >= 0.6 is 23.2 Å². The first-order valence-electron chi connectivity index (χ1n) is 8.85. The normalized spacial score (nSPS) is 11.1. The van der Waals surface area contributed by atoms with Gasteiger partial charge in [0.25, 0.3) is 0 Å². The summed E-state index contributed by atoms with van der Waals surface area (Å²) < 4.78 is 7.44. The van der Waals surface area contributed by atoms with Gasteiger partial charge < -0.3 is 9.30 Å². The summed E-state index contributed by atoms with van der Waals surface area (Å²) in [6, 6.07) is 13.0. The Labute approximate surface area is 168 Å². The molecule has 2 aromatic carbocycles. The lowest BCUT2D eigenvalue weighted by Gasteiger charge is -2.10. The van der Waals surface area contributed by atoms with E-state index < -0.39 is 0 Å². The van der Waals surface area contributed by atoms with Crippen molar-refractivity contribution >= 4 is 46.1 Å². The topological polar surface area (TPSA) is 56.1 Å². The molecule has 5 nitrogen and oxygen atoms in total. The molecule has 0 aliphatic heterocycles. The van der Waals surface area contributed by atoms with Crippen LogP contribution in [0.15, 0.2) is 42.5 Å². The van der Waals surface area contributed by atoms with Gasteiger partial charge in [-0.1, -0.05) is 41.4 Å². The van der Waals surface area contributed by atoms with Crippen LogP contribution in [0.1, 0.15) is 18.9 Å².